The molecular formula is C47H55N4O14S5+. The van der Waals surface area contributed by atoms with E-state index in [9.17, 15) is 61.2 Å². The molecule has 0 fully saturated rings. The van der Waals surface area contributed by atoms with Gasteiger partial charge in [-0.3, -0.25) is 23.0 Å². The molecule has 23 heteroatoms. The van der Waals surface area contributed by atoms with Crippen LogP contribution in [0.5, 0.6) is 0 Å². The second-order valence-corrected chi connectivity index (χ2v) is 25.5. The smallest absolute Gasteiger partial charge is 0.295 e. The van der Waals surface area contributed by atoms with Gasteiger partial charge in [-0.25, -0.2) is 0 Å². The van der Waals surface area contributed by atoms with Gasteiger partial charge in [-0.2, -0.15) is 38.2 Å². The van der Waals surface area contributed by atoms with Gasteiger partial charge in [-0.15, -0.1) is 10.7 Å². The monoisotopic (exact) mass is 1060 g/mol. The molecule has 376 valence electrons. The molecule has 0 saturated heterocycles. The largest absolute Gasteiger partial charge is 0.593 e. The molecule has 5 N–H and O–H groups in total. The fraction of sp³-hybridized carbons (Fsp3) is 0.362. The van der Waals surface area contributed by atoms with Gasteiger partial charge < -0.3 is 14.8 Å². The Morgan fingerprint density at radius 1 is 0.814 bits per heavy atom. The number of rotatable bonds is 20. The normalized spacial score (nSPS) is 17.1. The van der Waals surface area contributed by atoms with Gasteiger partial charge in [0.05, 0.1) is 39.7 Å². The van der Waals surface area contributed by atoms with Crippen molar-refractivity contribution in [3.05, 3.63) is 102 Å². The lowest BCUT2D eigenvalue weighted by Crippen LogP contribution is -2.30. The second-order valence-electron chi connectivity index (χ2n) is 17.9. The number of benzene rings is 4. The van der Waals surface area contributed by atoms with E-state index >= 15 is 0 Å². The maximum atomic E-state index is 14.0. The van der Waals surface area contributed by atoms with Crippen molar-refractivity contribution in [3.63, 3.8) is 0 Å². The molecule has 1 unspecified atom stereocenters. The molecule has 0 saturated carbocycles. The summed E-state index contributed by atoms with van der Waals surface area (Å²) in [7, 11) is -16.9. The Bertz CT molecular complexity index is 3390. The van der Waals surface area contributed by atoms with Crippen LogP contribution >= 0.6 is 0 Å². The average Bonchev–Trinajstić information content (AvgIpc) is 3.61. The Hall–Kier alpha value is -4.97. The molecular weight excluding hydrogens is 1000 g/mol. The summed E-state index contributed by atoms with van der Waals surface area (Å²) >= 11 is -1.61. The van der Waals surface area contributed by atoms with Crippen LogP contribution in [0.1, 0.15) is 64.5 Å². The minimum absolute atomic E-state index is 0.0300. The van der Waals surface area contributed by atoms with Gasteiger partial charge in [0.2, 0.25) is 11.6 Å². The Morgan fingerprint density at radius 2 is 1.49 bits per heavy atom. The summed E-state index contributed by atoms with van der Waals surface area (Å²) in [4.78, 5) is 12.9. The van der Waals surface area contributed by atoms with Crippen molar-refractivity contribution in [1.29, 1.82) is 0 Å². The number of fused-ring (bicyclic) bond motifs is 6. The van der Waals surface area contributed by atoms with E-state index in [0.29, 0.717) is 40.9 Å². The van der Waals surface area contributed by atoms with Crippen LogP contribution < -0.4 is 10.2 Å². The SMILES string of the molecule is C#CCNC(=O)CCCN(C)[S+]([O-])c1cccc2c3c(ccc12)[N+](CCCS(=O)(=O)O)=C(/C=C/C=C/C=C1/N(CCCS(=O)(=O)O)c2ccc4c(S(=O)(=O)O)cc(S(=O)(=O)O)cc4c2C1(C)C)C3(C)C. The molecule has 2 heterocycles. The third-order valence-electron chi connectivity index (χ3n) is 12.4. The highest BCUT2D eigenvalue weighted by molar-refractivity contribution is 7.89. The number of carbonyl (C=O) groups excluding carboxylic acids is 1. The predicted octanol–water partition coefficient (Wildman–Crippen LogP) is 5.70. The summed E-state index contributed by atoms with van der Waals surface area (Å²) in [6.45, 7) is 8.30. The summed E-state index contributed by atoms with van der Waals surface area (Å²) in [5.41, 5.74) is 2.08. The Balaban J connectivity index is 1.39. The zero-order valence-corrected chi connectivity index (χ0v) is 43.1. The Labute approximate surface area is 412 Å². The molecule has 18 nitrogen and oxygen atoms in total. The quantitative estimate of drug-likeness (QED) is 0.0233. The van der Waals surface area contributed by atoms with E-state index in [4.69, 9.17) is 6.42 Å². The number of anilines is 1. The Kier molecular flexibility index (Phi) is 16.0. The van der Waals surface area contributed by atoms with Crippen LogP contribution in [0.3, 0.4) is 0 Å². The number of amides is 1. The molecule has 70 heavy (non-hydrogen) atoms. The van der Waals surface area contributed by atoms with Crippen LogP contribution in [0.4, 0.5) is 11.4 Å². The lowest BCUT2D eigenvalue weighted by molar-refractivity contribution is -0.437. The minimum atomic E-state index is -5.01. The number of carbonyl (C=O) groups is 1. The van der Waals surface area contributed by atoms with E-state index in [1.54, 1.807) is 66.5 Å². The van der Waals surface area contributed by atoms with Crippen LogP contribution in [0.15, 0.2) is 105 Å². The fourth-order valence-corrected chi connectivity index (χ4v) is 12.9. The van der Waals surface area contributed by atoms with Gasteiger partial charge in [0.1, 0.15) is 11.4 Å². The third kappa shape index (κ3) is 11.9. The van der Waals surface area contributed by atoms with Crippen LogP contribution in [0.25, 0.3) is 21.5 Å². The molecule has 2 aliphatic rings. The molecule has 2 aliphatic heterocycles. The molecule has 0 aliphatic carbocycles. The van der Waals surface area contributed by atoms with Crippen LogP contribution in [0.2, 0.25) is 0 Å². The molecule has 0 aromatic heterocycles. The first-order valence-electron chi connectivity index (χ1n) is 21.8. The van der Waals surface area contributed by atoms with Crippen molar-refractivity contribution in [1.82, 2.24) is 9.62 Å². The molecule has 0 radical (unpaired) electrons. The second kappa shape index (κ2) is 20.6. The third-order valence-corrected chi connectivity index (χ3v) is 17.2. The number of hydrogen-bond acceptors (Lipinski definition) is 12. The first-order valence-corrected chi connectivity index (χ1v) is 29.0. The number of terminal acetylenes is 1. The molecule has 1 atom stereocenters. The summed E-state index contributed by atoms with van der Waals surface area (Å²) in [6, 6.07) is 14.0. The first kappa shape index (κ1) is 54.4. The van der Waals surface area contributed by atoms with E-state index in [-0.39, 0.29) is 55.6 Å². The zero-order chi connectivity index (χ0) is 51.8. The number of allylic oxidation sites excluding steroid dienone is 6. The zero-order valence-electron chi connectivity index (χ0n) is 39.0. The minimum Gasteiger partial charge on any atom is -0.593 e. The molecule has 4 aromatic carbocycles. The molecule has 6 rings (SSSR count). The standard InChI is InChI=1S/C47H54N4O14S5/c1-7-24-48-43(52)19-12-25-49(6)66(53)39-16-11-15-35-33(39)20-22-37-44(35)46(2,3)41(50(37)26-13-28-67(54,55)56)17-9-8-10-18-42-47(4,5)45-36-30-32(69(60,61)62)31-40(70(63,64)65)34(36)21-23-38(45)51(42)27-14-29-68(57,58)59/h1,8-11,15-18,20-23,30-31H,12-14,19,24-29H2,2-6H3,(H4-,48,52,54,55,56,57,58,59,60,61,62,63,64,65)/p+1. The van der Waals surface area contributed by atoms with Crippen LogP contribution in [-0.2, 0) is 67.5 Å². The van der Waals surface area contributed by atoms with Crippen molar-refractivity contribution in [2.75, 3.05) is 49.6 Å². The fourth-order valence-electron chi connectivity index (χ4n) is 9.35. The van der Waals surface area contributed by atoms with Gasteiger partial charge in [0, 0.05) is 78.3 Å². The van der Waals surface area contributed by atoms with E-state index in [1.807, 2.05) is 48.8 Å². The molecule has 0 bridgehead atoms. The van der Waals surface area contributed by atoms with E-state index in [0.717, 1.165) is 33.8 Å². The van der Waals surface area contributed by atoms with Crippen LogP contribution in [-0.4, -0.2) is 122 Å². The van der Waals surface area contributed by atoms with Gasteiger partial charge in [-0.1, -0.05) is 56.2 Å². The van der Waals surface area contributed by atoms with Gasteiger partial charge in [0.15, 0.2) is 10.6 Å². The van der Waals surface area contributed by atoms with Crippen molar-refractivity contribution >= 4 is 96.4 Å². The van der Waals surface area contributed by atoms with E-state index < -0.39 is 84.0 Å². The highest BCUT2D eigenvalue weighted by Gasteiger charge is 2.46. The lowest BCUT2D eigenvalue weighted by Gasteiger charge is -2.27. The average molecular weight is 1060 g/mol. The number of nitrogens with zero attached hydrogens (tertiary/aromatic N) is 3. The summed E-state index contributed by atoms with van der Waals surface area (Å²) in [5, 5.41) is 4.22. The lowest BCUT2D eigenvalue weighted by atomic mass is 9.79. The highest BCUT2D eigenvalue weighted by atomic mass is 32.2. The predicted molar refractivity (Wildman–Crippen MR) is 269 cm³/mol. The summed E-state index contributed by atoms with van der Waals surface area (Å²) in [6.07, 6.45) is 14.7. The van der Waals surface area contributed by atoms with Crippen molar-refractivity contribution in [2.45, 2.75) is 78.9 Å². The van der Waals surface area contributed by atoms with Crippen molar-refractivity contribution in [3.8, 4) is 12.3 Å². The summed E-state index contributed by atoms with van der Waals surface area (Å²) in [5.74, 6) is 1.09. The number of nitrogens with one attached hydrogen (secondary N) is 1. The van der Waals surface area contributed by atoms with Gasteiger partial charge in [0.25, 0.3) is 40.5 Å². The highest BCUT2D eigenvalue weighted by Crippen LogP contribution is 2.52. The van der Waals surface area contributed by atoms with Gasteiger partial charge in [-0.05, 0) is 79.4 Å². The van der Waals surface area contributed by atoms with E-state index in [1.165, 1.54) is 6.07 Å². The topological polar surface area (TPSA) is 279 Å². The van der Waals surface area contributed by atoms with Gasteiger partial charge >= 0.3 is 0 Å². The van der Waals surface area contributed by atoms with E-state index in [2.05, 4.69) is 11.2 Å². The maximum Gasteiger partial charge on any atom is 0.295 e. The molecule has 4 aromatic rings. The molecule has 1 amide bonds. The molecule has 0 spiro atoms. The van der Waals surface area contributed by atoms with Crippen molar-refractivity contribution < 1.29 is 65.8 Å². The number of hydrogen-bond donors (Lipinski definition) is 5. The first-order chi connectivity index (χ1) is 32.5. The summed E-state index contributed by atoms with van der Waals surface area (Å²) < 4.78 is 154. The Morgan fingerprint density at radius 3 is 2.13 bits per heavy atom. The maximum absolute atomic E-state index is 14.0. The van der Waals surface area contributed by atoms with Crippen LogP contribution in [0, 0.1) is 12.3 Å². The van der Waals surface area contributed by atoms with Crippen molar-refractivity contribution in [2.24, 2.45) is 0 Å².